The van der Waals surface area contributed by atoms with Crippen LogP contribution in [0.4, 0.5) is 5.69 Å². The lowest BCUT2D eigenvalue weighted by Gasteiger charge is -2.08. The monoisotopic (exact) mass is 386 g/mol. The van der Waals surface area contributed by atoms with Crippen molar-refractivity contribution in [3.63, 3.8) is 0 Å². The van der Waals surface area contributed by atoms with Crippen molar-refractivity contribution in [1.82, 2.24) is 5.32 Å². The molecule has 1 heterocycles. The molecule has 0 radical (unpaired) electrons. The molecule has 0 bridgehead atoms. The van der Waals surface area contributed by atoms with E-state index >= 15 is 0 Å². The van der Waals surface area contributed by atoms with Crippen molar-refractivity contribution in [1.29, 1.82) is 0 Å². The van der Waals surface area contributed by atoms with E-state index in [1.807, 2.05) is 0 Å². The SMILES string of the molecule is C=Cc1oc2cc(NS(=O)(=O)CC)c(Br)cc2c1C(=O)NC. The molecule has 0 saturated carbocycles. The zero-order valence-electron chi connectivity index (χ0n) is 12.1. The van der Waals surface area contributed by atoms with Gasteiger partial charge in [-0.3, -0.25) is 9.52 Å². The molecule has 22 heavy (non-hydrogen) atoms. The Morgan fingerprint density at radius 2 is 2.14 bits per heavy atom. The zero-order chi connectivity index (χ0) is 16.5. The number of sulfonamides is 1. The van der Waals surface area contributed by atoms with Crippen LogP contribution in [0.25, 0.3) is 17.0 Å². The van der Waals surface area contributed by atoms with Crippen LogP contribution in [0.2, 0.25) is 0 Å². The van der Waals surface area contributed by atoms with E-state index in [1.165, 1.54) is 19.2 Å². The van der Waals surface area contributed by atoms with Crippen LogP contribution in [0.3, 0.4) is 0 Å². The highest BCUT2D eigenvalue weighted by molar-refractivity contribution is 9.10. The maximum absolute atomic E-state index is 12.0. The molecule has 0 unspecified atom stereocenters. The van der Waals surface area contributed by atoms with Gasteiger partial charge in [0, 0.05) is 23.0 Å². The van der Waals surface area contributed by atoms with Crippen LogP contribution < -0.4 is 10.0 Å². The zero-order valence-corrected chi connectivity index (χ0v) is 14.5. The fraction of sp³-hybridized carbons (Fsp3) is 0.214. The molecule has 118 valence electrons. The summed E-state index contributed by atoms with van der Waals surface area (Å²) in [4.78, 5) is 12.0. The fourth-order valence-corrected chi connectivity index (χ4v) is 3.18. The molecule has 0 aliphatic heterocycles. The Bertz CT molecular complexity index is 855. The number of hydrogen-bond acceptors (Lipinski definition) is 4. The first-order chi connectivity index (χ1) is 10.3. The quantitative estimate of drug-likeness (QED) is 0.826. The minimum atomic E-state index is -3.41. The molecule has 1 aromatic carbocycles. The van der Waals surface area contributed by atoms with Crippen LogP contribution in [0.15, 0.2) is 27.6 Å². The van der Waals surface area contributed by atoms with Gasteiger partial charge in [0.25, 0.3) is 5.91 Å². The number of benzene rings is 1. The van der Waals surface area contributed by atoms with Gasteiger partial charge in [-0.1, -0.05) is 6.58 Å². The minimum Gasteiger partial charge on any atom is -0.456 e. The van der Waals surface area contributed by atoms with Crippen molar-refractivity contribution in [2.75, 3.05) is 17.5 Å². The molecule has 2 N–H and O–H groups in total. The lowest BCUT2D eigenvalue weighted by Crippen LogP contribution is -2.18. The summed E-state index contributed by atoms with van der Waals surface area (Å²) < 4.78 is 31.9. The third-order valence-corrected chi connectivity index (χ3v) is 5.04. The van der Waals surface area contributed by atoms with E-state index < -0.39 is 10.0 Å². The van der Waals surface area contributed by atoms with Gasteiger partial charge in [-0.05, 0) is 35.0 Å². The summed E-state index contributed by atoms with van der Waals surface area (Å²) in [6, 6.07) is 3.18. The van der Waals surface area contributed by atoms with Crippen molar-refractivity contribution in [3.8, 4) is 0 Å². The Hall–Kier alpha value is -1.80. The topological polar surface area (TPSA) is 88.4 Å². The first-order valence-electron chi connectivity index (χ1n) is 6.44. The van der Waals surface area contributed by atoms with Crippen molar-refractivity contribution >= 4 is 54.6 Å². The molecule has 0 atom stereocenters. The molecule has 8 heteroatoms. The first-order valence-corrected chi connectivity index (χ1v) is 8.88. The number of carbonyl (C=O) groups excluding carboxylic acids is 1. The molecule has 2 rings (SSSR count). The molecule has 0 aliphatic carbocycles. The number of amides is 1. The smallest absolute Gasteiger partial charge is 0.255 e. The third-order valence-electron chi connectivity index (χ3n) is 3.09. The number of carbonyl (C=O) groups is 1. The average Bonchev–Trinajstić information content (AvgIpc) is 2.84. The molecule has 0 saturated heterocycles. The van der Waals surface area contributed by atoms with Crippen LogP contribution in [-0.4, -0.2) is 27.1 Å². The Morgan fingerprint density at radius 1 is 1.45 bits per heavy atom. The van der Waals surface area contributed by atoms with Gasteiger partial charge < -0.3 is 9.73 Å². The van der Waals surface area contributed by atoms with Crippen molar-refractivity contribution < 1.29 is 17.6 Å². The number of furan rings is 1. The van der Waals surface area contributed by atoms with E-state index in [2.05, 4.69) is 32.5 Å². The molecular weight excluding hydrogens is 372 g/mol. The average molecular weight is 387 g/mol. The predicted molar refractivity (Wildman–Crippen MR) is 90.5 cm³/mol. The number of nitrogens with one attached hydrogen (secondary N) is 2. The Labute approximate surface area is 136 Å². The Morgan fingerprint density at radius 3 is 2.68 bits per heavy atom. The van der Waals surface area contributed by atoms with Gasteiger partial charge in [0.1, 0.15) is 11.3 Å². The lowest BCUT2D eigenvalue weighted by atomic mass is 10.1. The molecule has 1 amide bonds. The van der Waals surface area contributed by atoms with Crippen LogP contribution in [0.1, 0.15) is 23.0 Å². The number of rotatable bonds is 5. The highest BCUT2D eigenvalue weighted by Gasteiger charge is 2.20. The summed E-state index contributed by atoms with van der Waals surface area (Å²) in [5.41, 5.74) is 1.10. The molecule has 0 aliphatic rings. The van der Waals surface area contributed by atoms with Gasteiger partial charge in [-0.25, -0.2) is 8.42 Å². The number of halogens is 1. The second kappa shape index (κ2) is 6.13. The Balaban J connectivity index is 2.66. The van der Waals surface area contributed by atoms with E-state index in [1.54, 1.807) is 13.0 Å². The van der Waals surface area contributed by atoms with E-state index in [-0.39, 0.29) is 11.7 Å². The molecular formula is C14H15BrN2O4S. The van der Waals surface area contributed by atoms with Gasteiger partial charge in [-0.2, -0.15) is 0 Å². The van der Waals surface area contributed by atoms with E-state index in [0.717, 1.165) is 0 Å². The highest BCUT2D eigenvalue weighted by atomic mass is 79.9. The minimum absolute atomic E-state index is 0.0446. The van der Waals surface area contributed by atoms with Crippen molar-refractivity contribution in [2.24, 2.45) is 0 Å². The molecule has 6 nitrogen and oxygen atoms in total. The van der Waals surface area contributed by atoms with Crippen LogP contribution in [0.5, 0.6) is 0 Å². The van der Waals surface area contributed by atoms with Gasteiger partial charge in [0.15, 0.2) is 0 Å². The second-order valence-electron chi connectivity index (χ2n) is 4.46. The van der Waals surface area contributed by atoms with Gasteiger partial charge in [0.05, 0.1) is 17.0 Å². The molecule has 0 fully saturated rings. The number of fused-ring (bicyclic) bond motifs is 1. The molecule has 1 aromatic heterocycles. The number of anilines is 1. The summed E-state index contributed by atoms with van der Waals surface area (Å²) in [7, 11) is -1.89. The largest absolute Gasteiger partial charge is 0.456 e. The van der Waals surface area contributed by atoms with Crippen molar-refractivity contribution in [2.45, 2.75) is 6.92 Å². The van der Waals surface area contributed by atoms with Crippen LogP contribution in [-0.2, 0) is 10.0 Å². The summed E-state index contributed by atoms with van der Waals surface area (Å²) >= 11 is 3.31. The van der Waals surface area contributed by atoms with E-state index in [9.17, 15) is 13.2 Å². The van der Waals surface area contributed by atoms with Gasteiger partial charge in [-0.15, -0.1) is 0 Å². The van der Waals surface area contributed by atoms with Crippen LogP contribution >= 0.6 is 15.9 Å². The number of hydrogen-bond donors (Lipinski definition) is 2. The molecule has 2 aromatic rings. The summed E-state index contributed by atoms with van der Waals surface area (Å²) in [6.07, 6.45) is 1.44. The summed E-state index contributed by atoms with van der Waals surface area (Å²) in [5.74, 6) is -0.0176. The summed E-state index contributed by atoms with van der Waals surface area (Å²) in [6.45, 7) is 5.17. The lowest BCUT2D eigenvalue weighted by molar-refractivity contribution is 0.0963. The van der Waals surface area contributed by atoms with Crippen molar-refractivity contribution in [3.05, 3.63) is 34.5 Å². The normalized spacial score (nSPS) is 11.4. The highest BCUT2D eigenvalue weighted by Crippen LogP contribution is 2.34. The van der Waals surface area contributed by atoms with E-state index in [0.29, 0.717) is 32.5 Å². The van der Waals surface area contributed by atoms with Gasteiger partial charge >= 0.3 is 0 Å². The molecule has 0 spiro atoms. The maximum Gasteiger partial charge on any atom is 0.255 e. The van der Waals surface area contributed by atoms with Gasteiger partial charge in [0.2, 0.25) is 10.0 Å². The maximum atomic E-state index is 12.0. The second-order valence-corrected chi connectivity index (χ2v) is 7.32. The third kappa shape index (κ3) is 3.02. The predicted octanol–water partition coefficient (Wildman–Crippen LogP) is 2.96. The first kappa shape index (κ1) is 16.6. The summed E-state index contributed by atoms with van der Waals surface area (Å²) in [5, 5.41) is 3.11. The van der Waals surface area contributed by atoms with Crippen LogP contribution in [0, 0.1) is 0 Å². The Kier molecular flexibility index (Phi) is 4.62. The fourth-order valence-electron chi connectivity index (χ4n) is 1.96. The standard InChI is InChI=1S/C14H15BrN2O4S/c1-4-11-13(14(18)16-3)8-6-9(15)10(7-12(8)21-11)17-22(19,20)5-2/h4,6-7,17H,1,5H2,2-3H3,(H,16,18). The van der Waals surface area contributed by atoms with E-state index in [4.69, 9.17) is 4.42 Å².